The van der Waals surface area contributed by atoms with Crippen molar-refractivity contribution in [1.82, 2.24) is 10.6 Å². The smallest absolute Gasteiger partial charge is 0.319 e. The lowest BCUT2D eigenvalue weighted by Gasteiger charge is -2.34. The summed E-state index contributed by atoms with van der Waals surface area (Å²) in [6.07, 6.45) is 0. The molecule has 0 saturated carbocycles. The van der Waals surface area contributed by atoms with Gasteiger partial charge >= 0.3 is 6.03 Å². The van der Waals surface area contributed by atoms with Crippen molar-refractivity contribution in [3.63, 3.8) is 0 Å². The zero-order valence-corrected chi connectivity index (χ0v) is 14.8. The van der Waals surface area contributed by atoms with Gasteiger partial charge in [0, 0.05) is 31.2 Å². The molecule has 6 nitrogen and oxygen atoms in total. The Morgan fingerprint density at radius 2 is 1.73 bits per heavy atom. The molecule has 0 bridgehead atoms. The number of nitrogens with one attached hydrogen (secondary N) is 3. The maximum absolute atomic E-state index is 12.9. The van der Waals surface area contributed by atoms with Gasteiger partial charge in [-0.05, 0) is 29.8 Å². The van der Waals surface area contributed by atoms with Crippen LogP contribution in [0.4, 0.5) is 16.2 Å². The lowest BCUT2D eigenvalue weighted by atomic mass is 9.88. The molecule has 0 radical (unpaired) electrons. The molecule has 1 fully saturated rings. The zero-order valence-electron chi connectivity index (χ0n) is 14.8. The summed E-state index contributed by atoms with van der Waals surface area (Å²) in [6.45, 7) is 3.89. The van der Waals surface area contributed by atoms with E-state index in [1.54, 1.807) is 0 Å². The minimum Gasteiger partial charge on any atom is -0.378 e. The molecule has 0 unspecified atom stereocenters. The van der Waals surface area contributed by atoms with Gasteiger partial charge in [0.05, 0.1) is 6.04 Å². The number of hydrogen-bond donors (Lipinski definition) is 3. The van der Waals surface area contributed by atoms with Crippen molar-refractivity contribution in [3.8, 4) is 0 Å². The van der Waals surface area contributed by atoms with Gasteiger partial charge in [0.1, 0.15) is 5.92 Å². The first kappa shape index (κ1) is 17.5. The van der Waals surface area contributed by atoms with Crippen molar-refractivity contribution in [1.29, 1.82) is 0 Å². The number of anilines is 2. The van der Waals surface area contributed by atoms with Gasteiger partial charge < -0.3 is 20.9 Å². The highest BCUT2D eigenvalue weighted by Gasteiger charge is 2.37. The van der Waals surface area contributed by atoms with Crippen LogP contribution >= 0.6 is 0 Å². The number of carbonyl (C=O) groups is 2. The van der Waals surface area contributed by atoms with Gasteiger partial charge in [0.2, 0.25) is 5.91 Å². The lowest BCUT2D eigenvalue weighted by molar-refractivity contribution is -0.119. The van der Waals surface area contributed by atoms with Gasteiger partial charge in [0.15, 0.2) is 0 Å². The highest BCUT2D eigenvalue weighted by Crippen LogP contribution is 2.31. The van der Waals surface area contributed by atoms with E-state index in [0.717, 1.165) is 11.3 Å². The molecule has 0 aromatic heterocycles. The van der Waals surface area contributed by atoms with Crippen molar-refractivity contribution in [2.24, 2.45) is 5.92 Å². The maximum Gasteiger partial charge on any atom is 0.319 e. The SMILES string of the molecule is C=C1NC(=O)N[C@H](c2ccc(N(C)C)cc2)[C@H]1C(=O)Nc1ccccc1. The van der Waals surface area contributed by atoms with Crippen LogP contribution in [0.25, 0.3) is 0 Å². The molecule has 1 aliphatic rings. The van der Waals surface area contributed by atoms with E-state index >= 15 is 0 Å². The monoisotopic (exact) mass is 350 g/mol. The molecular weight excluding hydrogens is 328 g/mol. The molecule has 6 heteroatoms. The van der Waals surface area contributed by atoms with E-state index in [-0.39, 0.29) is 11.9 Å². The highest BCUT2D eigenvalue weighted by molar-refractivity contribution is 5.97. The molecule has 0 aliphatic carbocycles. The van der Waals surface area contributed by atoms with Crippen molar-refractivity contribution in [2.45, 2.75) is 6.04 Å². The Labute approximate surface area is 152 Å². The molecular formula is C20H22N4O2. The largest absolute Gasteiger partial charge is 0.378 e. The number of hydrogen-bond acceptors (Lipinski definition) is 3. The summed E-state index contributed by atoms with van der Waals surface area (Å²) in [5, 5.41) is 8.34. The Bertz CT molecular complexity index is 815. The third-order valence-corrected chi connectivity index (χ3v) is 4.36. The van der Waals surface area contributed by atoms with Gasteiger partial charge in [-0.1, -0.05) is 36.9 Å². The summed E-state index contributed by atoms with van der Waals surface area (Å²) in [6, 6.07) is 16.1. The predicted molar refractivity (Wildman–Crippen MR) is 103 cm³/mol. The Kier molecular flexibility index (Phi) is 4.93. The predicted octanol–water partition coefficient (Wildman–Crippen LogP) is 2.88. The number of nitrogens with zero attached hydrogens (tertiary/aromatic N) is 1. The molecule has 2 atom stereocenters. The van der Waals surface area contributed by atoms with E-state index in [0.29, 0.717) is 11.4 Å². The second-order valence-corrected chi connectivity index (χ2v) is 6.42. The fourth-order valence-electron chi connectivity index (χ4n) is 2.99. The van der Waals surface area contributed by atoms with Crippen LogP contribution in [0.15, 0.2) is 66.9 Å². The van der Waals surface area contributed by atoms with Gasteiger partial charge in [-0.15, -0.1) is 0 Å². The van der Waals surface area contributed by atoms with Crippen LogP contribution in [0.3, 0.4) is 0 Å². The Balaban J connectivity index is 1.88. The van der Waals surface area contributed by atoms with Crippen molar-refractivity contribution < 1.29 is 9.59 Å². The number of amides is 3. The number of carbonyl (C=O) groups excluding carboxylic acids is 2. The molecule has 3 N–H and O–H groups in total. The molecule has 1 saturated heterocycles. The summed E-state index contributed by atoms with van der Waals surface area (Å²) in [5.41, 5.74) is 2.96. The Morgan fingerprint density at radius 1 is 1.08 bits per heavy atom. The van der Waals surface area contributed by atoms with Gasteiger partial charge in [-0.3, -0.25) is 4.79 Å². The maximum atomic E-state index is 12.9. The molecule has 0 spiro atoms. The standard InChI is InChI=1S/C20H22N4O2/c1-13-17(19(25)22-15-7-5-4-6-8-15)18(23-20(26)21-13)14-9-11-16(12-10-14)24(2)3/h4-12,17-18H,1H2,2-3H3,(H,22,25)(H2,21,23,26)/t17-,18+/m0/s1. The van der Waals surface area contributed by atoms with Crippen LogP contribution < -0.4 is 20.9 Å². The molecule has 2 aromatic carbocycles. The minimum atomic E-state index is -0.627. The molecule has 1 aliphatic heterocycles. The molecule has 3 rings (SSSR count). The Morgan fingerprint density at radius 3 is 2.35 bits per heavy atom. The average molecular weight is 350 g/mol. The summed E-state index contributed by atoms with van der Waals surface area (Å²) in [4.78, 5) is 26.8. The zero-order chi connectivity index (χ0) is 18.7. The van der Waals surface area contributed by atoms with Crippen LogP contribution in [0, 0.1) is 5.92 Å². The van der Waals surface area contributed by atoms with E-state index in [1.165, 1.54) is 0 Å². The van der Waals surface area contributed by atoms with Gasteiger partial charge in [0.25, 0.3) is 0 Å². The fourth-order valence-corrected chi connectivity index (χ4v) is 2.99. The number of para-hydroxylation sites is 1. The normalized spacial score (nSPS) is 19.3. The quantitative estimate of drug-likeness (QED) is 0.794. The first-order valence-electron chi connectivity index (χ1n) is 8.35. The summed E-state index contributed by atoms with van der Waals surface area (Å²) >= 11 is 0. The first-order chi connectivity index (χ1) is 12.5. The minimum absolute atomic E-state index is 0.226. The van der Waals surface area contributed by atoms with Crippen LogP contribution in [0.1, 0.15) is 11.6 Å². The van der Waals surface area contributed by atoms with E-state index in [1.807, 2.05) is 73.6 Å². The fraction of sp³-hybridized carbons (Fsp3) is 0.200. The van der Waals surface area contributed by atoms with Crippen LogP contribution in [0.5, 0.6) is 0 Å². The first-order valence-corrected chi connectivity index (χ1v) is 8.35. The van der Waals surface area contributed by atoms with Crippen LogP contribution in [-0.4, -0.2) is 26.0 Å². The van der Waals surface area contributed by atoms with Gasteiger partial charge in [-0.25, -0.2) is 4.79 Å². The molecule has 2 aromatic rings. The number of rotatable bonds is 4. The molecule has 3 amide bonds. The van der Waals surface area contributed by atoms with Crippen LogP contribution in [-0.2, 0) is 4.79 Å². The summed E-state index contributed by atoms with van der Waals surface area (Å²) in [5.74, 6) is -0.853. The average Bonchev–Trinajstić information content (AvgIpc) is 2.61. The van der Waals surface area contributed by atoms with Crippen molar-refractivity contribution in [3.05, 3.63) is 72.4 Å². The van der Waals surface area contributed by atoms with E-state index in [4.69, 9.17) is 0 Å². The third kappa shape index (κ3) is 3.69. The number of urea groups is 1. The third-order valence-electron chi connectivity index (χ3n) is 4.36. The number of benzene rings is 2. The van der Waals surface area contributed by atoms with E-state index < -0.39 is 12.0 Å². The van der Waals surface area contributed by atoms with Crippen molar-refractivity contribution >= 4 is 23.3 Å². The van der Waals surface area contributed by atoms with E-state index in [2.05, 4.69) is 22.5 Å². The topological polar surface area (TPSA) is 73.5 Å². The van der Waals surface area contributed by atoms with E-state index in [9.17, 15) is 9.59 Å². The van der Waals surface area contributed by atoms with Crippen molar-refractivity contribution in [2.75, 3.05) is 24.3 Å². The molecule has 134 valence electrons. The highest BCUT2D eigenvalue weighted by atomic mass is 16.2. The summed E-state index contributed by atoms with van der Waals surface area (Å²) in [7, 11) is 3.92. The second-order valence-electron chi connectivity index (χ2n) is 6.42. The molecule has 1 heterocycles. The lowest BCUT2D eigenvalue weighted by Crippen LogP contribution is -2.51. The van der Waals surface area contributed by atoms with Gasteiger partial charge in [-0.2, -0.15) is 0 Å². The summed E-state index contributed by atoms with van der Waals surface area (Å²) < 4.78 is 0. The molecule has 26 heavy (non-hydrogen) atoms. The van der Waals surface area contributed by atoms with Crippen LogP contribution in [0.2, 0.25) is 0 Å². The second kappa shape index (κ2) is 7.31. The Hall–Kier alpha value is -3.28.